The lowest BCUT2D eigenvalue weighted by Crippen LogP contribution is -2.43. The number of carboxylic acid groups (broad SMARTS) is 1. The maximum Gasteiger partial charge on any atom is 0.326 e. The van der Waals surface area contributed by atoms with Gasteiger partial charge >= 0.3 is 5.97 Å². The molecule has 0 aromatic carbocycles. The molecule has 1 unspecified atom stereocenters. The number of carboxylic acids is 1. The summed E-state index contributed by atoms with van der Waals surface area (Å²) in [4.78, 5) is 23.4. The summed E-state index contributed by atoms with van der Waals surface area (Å²) in [5, 5.41) is 8.33. The average Bonchev–Trinajstić information content (AvgIpc) is 2.80. The number of nitrogens with zero attached hydrogens (tertiary/aromatic N) is 1. The van der Waals surface area contributed by atoms with Crippen LogP contribution in [0.4, 0.5) is 0 Å². The van der Waals surface area contributed by atoms with Gasteiger partial charge in [-0.3, -0.25) is 4.79 Å². The minimum absolute atomic E-state index is 0.435. The molecule has 0 spiro atoms. The summed E-state index contributed by atoms with van der Waals surface area (Å²) in [7, 11) is -2.14. The highest BCUT2D eigenvalue weighted by Gasteiger charge is 2.33. The molecule has 0 aliphatic heterocycles. The fraction of sp³-hybridized carbons (Fsp3) is 0.818. The first-order valence-corrected chi connectivity index (χ1v) is 7.67. The van der Waals surface area contributed by atoms with E-state index in [1.807, 2.05) is 0 Å². The number of likely N-dealkylation sites (N-methyl/N-ethyl adjacent to an activating group) is 1. The zero-order valence-electron chi connectivity index (χ0n) is 10.6. The average molecular weight is 277 g/mol. The fourth-order valence-electron chi connectivity index (χ4n) is 2.02. The number of hydrogen-bond donors (Lipinski definition) is 1. The van der Waals surface area contributed by atoms with Crippen molar-refractivity contribution in [1.29, 1.82) is 0 Å². The third kappa shape index (κ3) is 3.44. The molecule has 18 heavy (non-hydrogen) atoms. The van der Waals surface area contributed by atoms with Gasteiger partial charge in [0, 0.05) is 7.05 Å². The van der Waals surface area contributed by atoms with Crippen LogP contribution in [0.5, 0.6) is 0 Å². The highest BCUT2D eigenvalue weighted by molar-refractivity contribution is 7.92. The first-order valence-electron chi connectivity index (χ1n) is 5.95. The molecule has 0 bridgehead atoms. The van der Waals surface area contributed by atoms with Gasteiger partial charge in [0.2, 0.25) is 5.91 Å². The van der Waals surface area contributed by atoms with Gasteiger partial charge in [-0.25, -0.2) is 13.2 Å². The summed E-state index contributed by atoms with van der Waals surface area (Å²) < 4.78 is 23.9. The van der Waals surface area contributed by atoms with Crippen LogP contribution in [-0.2, 0) is 19.4 Å². The van der Waals surface area contributed by atoms with Crippen LogP contribution in [0.1, 0.15) is 32.6 Å². The molecule has 1 fully saturated rings. The van der Waals surface area contributed by atoms with E-state index >= 15 is 0 Å². The van der Waals surface area contributed by atoms with E-state index in [0.717, 1.165) is 17.7 Å². The standard InChI is InChI=1S/C11H19NO5S/c1-8(11(14)15)12(2)10(13)7-18(16,17)9-5-3-4-6-9/h8-9H,3-7H2,1-2H3,(H,14,15). The van der Waals surface area contributed by atoms with Gasteiger partial charge < -0.3 is 10.0 Å². The van der Waals surface area contributed by atoms with E-state index in [9.17, 15) is 18.0 Å². The molecule has 7 heteroatoms. The monoisotopic (exact) mass is 277 g/mol. The van der Waals surface area contributed by atoms with E-state index in [4.69, 9.17) is 5.11 Å². The number of amides is 1. The fourth-order valence-corrected chi connectivity index (χ4v) is 3.86. The van der Waals surface area contributed by atoms with Gasteiger partial charge in [0.1, 0.15) is 11.8 Å². The van der Waals surface area contributed by atoms with E-state index in [1.54, 1.807) is 0 Å². The lowest BCUT2D eigenvalue weighted by Gasteiger charge is -2.22. The molecule has 1 saturated carbocycles. The lowest BCUT2D eigenvalue weighted by molar-refractivity contribution is -0.147. The summed E-state index contributed by atoms with van der Waals surface area (Å²) in [6, 6.07) is -1.02. The molecule has 1 aliphatic carbocycles. The summed E-state index contributed by atoms with van der Waals surface area (Å²) in [5.74, 6) is -2.40. The maximum absolute atomic E-state index is 11.9. The van der Waals surface area contributed by atoms with Gasteiger partial charge in [-0.05, 0) is 19.8 Å². The van der Waals surface area contributed by atoms with Gasteiger partial charge in [-0.15, -0.1) is 0 Å². The minimum atomic E-state index is -3.45. The van der Waals surface area contributed by atoms with Crippen molar-refractivity contribution in [3.8, 4) is 0 Å². The maximum atomic E-state index is 11.9. The Kier molecular flexibility index (Phi) is 4.72. The van der Waals surface area contributed by atoms with Gasteiger partial charge in [-0.2, -0.15) is 0 Å². The van der Waals surface area contributed by atoms with Gasteiger partial charge in [-0.1, -0.05) is 12.8 Å². The molecule has 1 amide bonds. The van der Waals surface area contributed by atoms with Gasteiger partial charge in [0.25, 0.3) is 0 Å². The Bertz CT molecular complexity index is 425. The van der Waals surface area contributed by atoms with Crippen LogP contribution >= 0.6 is 0 Å². The van der Waals surface area contributed by atoms with Crippen molar-refractivity contribution in [2.45, 2.75) is 43.9 Å². The number of sulfone groups is 1. The molecule has 0 radical (unpaired) electrons. The quantitative estimate of drug-likeness (QED) is 0.779. The van der Waals surface area contributed by atoms with Crippen molar-refractivity contribution < 1.29 is 23.1 Å². The molecule has 0 aromatic rings. The van der Waals surface area contributed by atoms with Crippen molar-refractivity contribution in [2.75, 3.05) is 12.8 Å². The zero-order chi connectivity index (χ0) is 13.9. The Morgan fingerprint density at radius 2 is 1.83 bits per heavy atom. The van der Waals surface area contributed by atoms with E-state index in [1.165, 1.54) is 14.0 Å². The van der Waals surface area contributed by atoms with Crippen LogP contribution in [0.15, 0.2) is 0 Å². The Balaban J connectivity index is 2.66. The number of aliphatic carboxylic acids is 1. The largest absolute Gasteiger partial charge is 0.480 e. The van der Waals surface area contributed by atoms with E-state index in [2.05, 4.69) is 0 Å². The molecule has 1 rings (SSSR count). The molecule has 1 atom stereocenters. The van der Waals surface area contributed by atoms with Crippen molar-refractivity contribution in [3.05, 3.63) is 0 Å². The molecule has 0 aromatic heterocycles. The molecule has 0 saturated heterocycles. The van der Waals surface area contributed by atoms with E-state index in [0.29, 0.717) is 12.8 Å². The van der Waals surface area contributed by atoms with Crippen LogP contribution in [-0.4, -0.2) is 54.4 Å². The summed E-state index contributed by atoms with van der Waals surface area (Å²) in [6.45, 7) is 1.35. The molecular weight excluding hydrogens is 258 g/mol. The third-order valence-electron chi connectivity index (χ3n) is 3.47. The van der Waals surface area contributed by atoms with E-state index < -0.39 is 38.8 Å². The second-order valence-electron chi connectivity index (χ2n) is 4.73. The van der Waals surface area contributed by atoms with Crippen molar-refractivity contribution in [3.63, 3.8) is 0 Å². The highest BCUT2D eigenvalue weighted by atomic mass is 32.2. The number of carbonyl (C=O) groups excluding carboxylic acids is 1. The zero-order valence-corrected chi connectivity index (χ0v) is 11.4. The first kappa shape index (κ1) is 14.9. The molecule has 6 nitrogen and oxygen atoms in total. The summed E-state index contributed by atoms with van der Waals surface area (Å²) >= 11 is 0. The smallest absolute Gasteiger partial charge is 0.326 e. The molecule has 1 aliphatic rings. The van der Waals surface area contributed by atoms with Crippen LogP contribution < -0.4 is 0 Å². The minimum Gasteiger partial charge on any atom is -0.480 e. The van der Waals surface area contributed by atoms with E-state index in [-0.39, 0.29) is 0 Å². The Labute approximate surface area is 107 Å². The molecule has 0 heterocycles. The molecule has 104 valence electrons. The number of rotatable bonds is 5. The van der Waals surface area contributed by atoms with Crippen LogP contribution in [0.25, 0.3) is 0 Å². The topological polar surface area (TPSA) is 91.8 Å². The summed E-state index contributed by atoms with van der Waals surface area (Å²) in [5.41, 5.74) is 0. The van der Waals surface area contributed by atoms with Crippen molar-refractivity contribution >= 4 is 21.7 Å². The van der Waals surface area contributed by atoms with Crippen LogP contribution in [0.3, 0.4) is 0 Å². The normalized spacial score (nSPS) is 18.6. The van der Waals surface area contributed by atoms with Gasteiger partial charge in [0.05, 0.1) is 5.25 Å². The predicted octanol–water partition coefficient (Wildman–Crippen LogP) is 0.275. The lowest BCUT2D eigenvalue weighted by atomic mass is 10.3. The third-order valence-corrected chi connectivity index (χ3v) is 5.60. The second kappa shape index (κ2) is 5.69. The van der Waals surface area contributed by atoms with Crippen LogP contribution in [0.2, 0.25) is 0 Å². The Morgan fingerprint density at radius 1 is 1.33 bits per heavy atom. The van der Waals surface area contributed by atoms with Crippen molar-refractivity contribution in [2.24, 2.45) is 0 Å². The molecular formula is C11H19NO5S. The predicted molar refractivity (Wildman–Crippen MR) is 65.9 cm³/mol. The SMILES string of the molecule is CC(C(=O)O)N(C)C(=O)CS(=O)(=O)C1CCCC1. The summed E-state index contributed by atoms with van der Waals surface area (Å²) in [6.07, 6.45) is 2.96. The Hall–Kier alpha value is -1.11. The highest BCUT2D eigenvalue weighted by Crippen LogP contribution is 2.25. The number of hydrogen-bond acceptors (Lipinski definition) is 4. The first-order chi connectivity index (χ1) is 8.25. The second-order valence-corrected chi connectivity index (χ2v) is 7.01. The Morgan fingerprint density at radius 3 is 2.28 bits per heavy atom. The van der Waals surface area contributed by atoms with Crippen molar-refractivity contribution in [1.82, 2.24) is 4.90 Å². The number of carbonyl (C=O) groups is 2. The van der Waals surface area contributed by atoms with Gasteiger partial charge in [0.15, 0.2) is 9.84 Å². The van der Waals surface area contributed by atoms with Crippen LogP contribution in [0, 0.1) is 0 Å². The molecule has 1 N–H and O–H groups in total.